The van der Waals surface area contributed by atoms with Gasteiger partial charge in [0.2, 0.25) is 0 Å². The summed E-state index contributed by atoms with van der Waals surface area (Å²) >= 11 is 3.03. The summed E-state index contributed by atoms with van der Waals surface area (Å²) in [6, 6.07) is 3.85. The first kappa shape index (κ1) is 15.4. The Hall–Kier alpha value is -0.950. The molecular formula is C13H15BrFNO3S. The second-order valence-corrected chi connectivity index (χ2v) is 7.86. The lowest BCUT2D eigenvalue weighted by Crippen LogP contribution is -2.41. The van der Waals surface area contributed by atoms with Crippen LogP contribution in [0.4, 0.5) is 4.39 Å². The van der Waals surface area contributed by atoms with Gasteiger partial charge in [0.15, 0.2) is 9.84 Å². The molecule has 1 amide bonds. The molecule has 1 atom stereocenters. The molecule has 1 heterocycles. The Bertz CT molecular complexity index is 633. The molecule has 4 nitrogen and oxygen atoms in total. The van der Waals surface area contributed by atoms with E-state index in [0.29, 0.717) is 17.4 Å². The van der Waals surface area contributed by atoms with Gasteiger partial charge in [-0.05, 0) is 47.5 Å². The number of rotatable bonds is 3. The summed E-state index contributed by atoms with van der Waals surface area (Å²) in [5.74, 6) is -0.742. The molecule has 1 aliphatic heterocycles. The van der Waals surface area contributed by atoms with Crippen molar-refractivity contribution >= 4 is 31.7 Å². The van der Waals surface area contributed by atoms with Crippen LogP contribution in [0.25, 0.3) is 0 Å². The molecule has 0 bridgehead atoms. The summed E-state index contributed by atoms with van der Waals surface area (Å²) in [6.07, 6.45) is 0.445. The van der Waals surface area contributed by atoms with E-state index < -0.39 is 15.7 Å². The van der Waals surface area contributed by atoms with Gasteiger partial charge in [0.05, 0.1) is 16.0 Å². The monoisotopic (exact) mass is 363 g/mol. The van der Waals surface area contributed by atoms with Gasteiger partial charge in [0.25, 0.3) is 5.91 Å². The van der Waals surface area contributed by atoms with Crippen LogP contribution >= 0.6 is 15.9 Å². The number of halogens is 2. The fourth-order valence-corrected chi connectivity index (χ4v) is 4.36. The van der Waals surface area contributed by atoms with Gasteiger partial charge in [-0.15, -0.1) is 0 Å². The topological polar surface area (TPSA) is 54.5 Å². The highest BCUT2D eigenvalue weighted by Gasteiger charge is 2.34. The third-order valence-electron chi connectivity index (χ3n) is 3.42. The van der Waals surface area contributed by atoms with E-state index in [1.165, 1.54) is 23.1 Å². The first-order valence-electron chi connectivity index (χ1n) is 6.30. The summed E-state index contributed by atoms with van der Waals surface area (Å²) in [5, 5.41) is 0. The van der Waals surface area contributed by atoms with Crippen molar-refractivity contribution in [1.29, 1.82) is 0 Å². The molecule has 1 fully saturated rings. The molecule has 0 saturated carbocycles. The molecule has 20 heavy (non-hydrogen) atoms. The number of nitrogens with zero attached hydrogens (tertiary/aromatic N) is 1. The molecule has 1 aromatic rings. The molecule has 0 radical (unpaired) electrons. The van der Waals surface area contributed by atoms with Gasteiger partial charge in [-0.2, -0.15) is 0 Å². The van der Waals surface area contributed by atoms with E-state index in [9.17, 15) is 17.6 Å². The predicted molar refractivity (Wildman–Crippen MR) is 77.9 cm³/mol. The molecule has 1 saturated heterocycles. The van der Waals surface area contributed by atoms with Crippen LogP contribution in [-0.4, -0.2) is 43.3 Å². The highest BCUT2D eigenvalue weighted by atomic mass is 79.9. The van der Waals surface area contributed by atoms with Crippen molar-refractivity contribution in [3.05, 3.63) is 34.1 Å². The zero-order chi connectivity index (χ0) is 14.9. The van der Waals surface area contributed by atoms with E-state index in [4.69, 9.17) is 0 Å². The van der Waals surface area contributed by atoms with Crippen molar-refractivity contribution in [2.45, 2.75) is 19.4 Å². The summed E-state index contributed by atoms with van der Waals surface area (Å²) in [7, 11) is -3.06. The first-order valence-corrected chi connectivity index (χ1v) is 8.92. The Balaban J connectivity index is 2.23. The first-order chi connectivity index (χ1) is 9.34. The maximum absolute atomic E-state index is 13.5. The molecule has 0 N–H and O–H groups in total. The summed E-state index contributed by atoms with van der Waals surface area (Å²) in [5.41, 5.74) is 0.233. The SMILES string of the molecule is CCN(C(=O)c1ccc(Br)c(F)c1)C1CCS(=O)(=O)C1. The van der Waals surface area contributed by atoms with Crippen molar-refractivity contribution < 1.29 is 17.6 Å². The number of sulfone groups is 1. The maximum Gasteiger partial charge on any atom is 0.254 e. The summed E-state index contributed by atoms with van der Waals surface area (Å²) in [4.78, 5) is 13.9. The molecule has 1 aliphatic rings. The largest absolute Gasteiger partial charge is 0.335 e. The van der Waals surface area contributed by atoms with Crippen molar-refractivity contribution in [2.75, 3.05) is 18.1 Å². The van der Waals surface area contributed by atoms with Crippen LogP contribution in [0.15, 0.2) is 22.7 Å². The van der Waals surface area contributed by atoms with Gasteiger partial charge >= 0.3 is 0 Å². The second-order valence-electron chi connectivity index (χ2n) is 4.78. The number of benzene rings is 1. The Kier molecular flexibility index (Phi) is 4.49. The summed E-state index contributed by atoms with van der Waals surface area (Å²) < 4.78 is 36.8. The number of hydrogen-bond donors (Lipinski definition) is 0. The van der Waals surface area contributed by atoms with Crippen LogP contribution in [0.2, 0.25) is 0 Å². The van der Waals surface area contributed by atoms with E-state index in [2.05, 4.69) is 15.9 Å². The number of carbonyl (C=O) groups excluding carboxylic acids is 1. The van der Waals surface area contributed by atoms with E-state index in [1.807, 2.05) is 0 Å². The minimum Gasteiger partial charge on any atom is -0.335 e. The molecule has 0 aromatic heterocycles. The van der Waals surface area contributed by atoms with Gasteiger partial charge < -0.3 is 4.90 Å². The van der Waals surface area contributed by atoms with Gasteiger partial charge in [-0.25, -0.2) is 12.8 Å². The van der Waals surface area contributed by atoms with Crippen LogP contribution in [0, 0.1) is 5.82 Å². The van der Waals surface area contributed by atoms with E-state index in [-0.39, 0.29) is 29.0 Å². The number of amides is 1. The second kappa shape index (κ2) is 5.81. The van der Waals surface area contributed by atoms with Crippen LogP contribution < -0.4 is 0 Å². The van der Waals surface area contributed by atoms with Gasteiger partial charge in [-0.1, -0.05) is 0 Å². The molecule has 110 valence electrons. The lowest BCUT2D eigenvalue weighted by Gasteiger charge is -2.27. The standard InChI is InChI=1S/C13H15BrFNO3S/c1-2-16(10-5-6-20(18,19)8-10)13(17)9-3-4-11(14)12(15)7-9/h3-4,7,10H,2,5-6,8H2,1H3. The third kappa shape index (κ3) is 3.20. The van der Waals surface area contributed by atoms with Crippen molar-refractivity contribution in [3.63, 3.8) is 0 Å². The number of carbonyl (C=O) groups is 1. The van der Waals surface area contributed by atoms with Gasteiger partial charge in [-0.3, -0.25) is 4.79 Å². The van der Waals surface area contributed by atoms with Crippen LogP contribution in [0.1, 0.15) is 23.7 Å². The smallest absolute Gasteiger partial charge is 0.254 e. The fourth-order valence-electron chi connectivity index (χ4n) is 2.38. The highest BCUT2D eigenvalue weighted by Crippen LogP contribution is 2.22. The maximum atomic E-state index is 13.5. The van der Waals surface area contributed by atoms with Crippen LogP contribution in [0.3, 0.4) is 0 Å². The molecule has 1 aromatic carbocycles. The van der Waals surface area contributed by atoms with Gasteiger partial charge in [0.1, 0.15) is 5.82 Å². The third-order valence-corrected chi connectivity index (χ3v) is 5.81. The van der Waals surface area contributed by atoms with Crippen LogP contribution in [0.5, 0.6) is 0 Å². The summed E-state index contributed by atoms with van der Waals surface area (Å²) in [6.45, 7) is 2.19. The average molecular weight is 364 g/mol. The van der Waals surface area contributed by atoms with Crippen molar-refractivity contribution in [3.8, 4) is 0 Å². The molecule has 0 aliphatic carbocycles. The Morgan fingerprint density at radius 1 is 1.50 bits per heavy atom. The van der Waals surface area contributed by atoms with Crippen LogP contribution in [-0.2, 0) is 9.84 Å². The highest BCUT2D eigenvalue weighted by molar-refractivity contribution is 9.10. The molecule has 1 unspecified atom stereocenters. The Morgan fingerprint density at radius 2 is 2.20 bits per heavy atom. The molecule has 7 heteroatoms. The van der Waals surface area contributed by atoms with E-state index >= 15 is 0 Å². The lowest BCUT2D eigenvalue weighted by molar-refractivity contribution is 0.0708. The fraction of sp³-hybridized carbons (Fsp3) is 0.462. The zero-order valence-corrected chi connectivity index (χ0v) is 13.4. The van der Waals surface area contributed by atoms with Crippen molar-refractivity contribution in [1.82, 2.24) is 4.90 Å². The average Bonchev–Trinajstić information content (AvgIpc) is 2.74. The Morgan fingerprint density at radius 3 is 2.70 bits per heavy atom. The number of hydrogen-bond acceptors (Lipinski definition) is 3. The zero-order valence-electron chi connectivity index (χ0n) is 11.0. The normalized spacial score (nSPS) is 20.9. The molecule has 0 spiro atoms. The lowest BCUT2D eigenvalue weighted by atomic mass is 10.1. The van der Waals surface area contributed by atoms with Gasteiger partial charge in [0, 0.05) is 18.2 Å². The molecule has 2 rings (SSSR count). The predicted octanol–water partition coefficient (Wildman–Crippen LogP) is 2.24. The molecular weight excluding hydrogens is 349 g/mol. The van der Waals surface area contributed by atoms with E-state index in [1.54, 1.807) is 6.92 Å². The quantitative estimate of drug-likeness (QED) is 0.827. The van der Waals surface area contributed by atoms with E-state index in [0.717, 1.165) is 0 Å². The Labute approximate surface area is 126 Å². The van der Waals surface area contributed by atoms with Crippen molar-refractivity contribution in [2.24, 2.45) is 0 Å². The minimum absolute atomic E-state index is 0.00834. The minimum atomic E-state index is -3.06.